The number of carbonyl (C=O) groups is 1. The molecule has 1 fully saturated rings. The van der Waals surface area contributed by atoms with Gasteiger partial charge in [-0.3, -0.25) is 4.79 Å². The van der Waals surface area contributed by atoms with Gasteiger partial charge >= 0.3 is 0 Å². The molecule has 0 amide bonds. The molecule has 0 unspecified atom stereocenters. The third-order valence-electron chi connectivity index (χ3n) is 3.22. The first-order valence-electron chi connectivity index (χ1n) is 5.64. The summed E-state index contributed by atoms with van der Waals surface area (Å²) < 4.78 is 26.6. The Balaban J connectivity index is 2.11. The van der Waals surface area contributed by atoms with Gasteiger partial charge in [-0.1, -0.05) is 18.9 Å². The lowest BCUT2D eigenvalue weighted by Crippen LogP contribution is -2.15. The molecule has 0 N–H and O–H groups in total. The van der Waals surface area contributed by atoms with Gasteiger partial charge in [0.15, 0.2) is 0 Å². The molecular formula is C13H14F2O. The van der Waals surface area contributed by atoms with Crippen LogP contribution in [-0.2, 0) is 11.2 Å². The molecule has 1 nitrogen and oxygen atoms in total. The van der Waals surface area contributed by atoms with E-state index in [1.54, 1.807) is 0 Å². The number of ketones is 1. The summed E-state index contributed by atoms with van der Waals surface area (Å²) in [5.41, 5.74) is -0.0839. The van der Waals surface area contributed by atoms with E-state index in [4.69, 9.17) is 0 Å². The Labute approximate surface area is 93.5 Å². The van der Waals surface area contributed by atoms with Crippen molar-refractivity contribution >= 4 is 5.78 Å². The Hall–Kier alpha value is -1.25. The van der Waals surface area contributed by atoms with Crippen LogP contribution in [0, 0.1) is 17.6 Å². The molecule has 0 radical (unpaired) electrons. The lowest BCUT2D eigenvalue weighted by atomic mass is 9.96. The van der Waals surface area contributed by atoms with E-state index < -0.39 is 11.6 Å². The minimum atomic E-state index is -0.619. The van der Waals surface area contributed by atoms with Gasteiger partial charge in [0.05, 0.1) is 0 Å². The molecule has 3 heteroatoms. The van der Waals surface area contributed by atoms with Gasteiger partial charge in [0.1, 0.15) is 17.4 Å². The minimum absolute atomic E-state index is 0.0130. The molecule has 0 spiro atoms. The number of carbonyl (C=O) groups excluding carboxylic acids is 1. The first-order valence-corrected chi connectivity index (χ1v) is 5.64. The number of hydrogen-bond donors (Lipinski definition) is 0. The third-order valence-corrected chi connectivity index (χ3v) is 3.22. The molecule has 2 rings (SSSR count). The average molecular weight is 224 g/mol. The zero-order valence-corrected chi connectivity index (χ0v) is 9.01. The zero-order chi connectivity index (χ0) is 11.5. The fourth-order valence-electron chi connectivity index (χ4n) is 2.27. The van der Waals surface area contributed by atoms with Crippen molar-refractivity contribution in [1.82, 2.24) is 0 Å². The SMILES string of the molecule is O=C(Cc1c(F)cccc1F)C1CCCC1. The molecular weight excluding hydrogens is 210 g/mol. The Bertz CT molecular complexity index is 375. The summed E-state index contributed by atoms with van der Waals surface area (Å²) in [5, 5.41) is 0. The van der Waals surface area contributed by atoms with Crippen molar-refractivity contribution in [3.63, 3.8) is 0 Å². The van der Waals surface area contributed by atoms with Crippen LogP contribution in [0.25, 0.3) is 0 Å². The van der Waals surface area contributed by atoms with Crippen LogP contribution in [-0.4, -0.2) is 5.78 Å². The maximum absolute atomic E-state index is 13.3. The van der Waals surface area contributed by atoms with Crippen molar-refractivity contribution in [3.8, 4) is 0 Å². The van der Waals surface area contributed by atoms with Crippen LogP contribution in [0.3, 0.4) is 0 Å². The number of rotatable bonds is 3. The predicted molar refractivity (Wildman–Crippen MR) is 57.0 cm³/mol. The van der Waals surface area contributed by atoms with Crippen molar-refractivity contribution in [2.24, 2.45) is 5.92 Å². The van der Waals surface area contributed by atoms with E-state index in [0.717, 1.165) is 25.7 Å². The zero-order valence-electron chi connectivity index (χ0n) is 9.01. The molecule has 1 aromatic carbocycles. The van der Waals surface area contributed by atoms with Gasteiger partial charge in [0.25, 0.3) is 0 Å². The van der Waals surface area contributed by atoms with Crippen molar-refractivity contribution in [2.45, 2.75) is 32.1 Å². The third kappa shape index (κ3) is 2.29. The van der Waals surface area contributed by atoms with Crippen molar-refractivity contribution in [1.29, 1.82) is 0 Å². The van der Waals surface area contributed by atoms with E-state index in [9.17, 15) is 13.6 Å². The van der Waals surface area contributed by atoms with E-state index in [-0.39, 0.29) is 23.7 Å². The topological polar surface area (TPSA) is 17.1 Å². The summed E-state index contributed by atoms with van der Waals surface area (Å²) in [6.07, 6.45) is 3.74. The molecule has 1 aromatic rings. The monoisotopic (exact) mass is 224 g/mol. The first-order chi connectivity index (χ1) is 7.68. The highest BCUT2D eigenvalue weighted by Crippen LogP contribution is 2.27. The average Bonchev–Trinajstić information content (AvgIpc) is 2.76. The number of Topliss-reactive ketones (excluding diaryl/α,β-unsaturated/α-hetero) is 1. The maximum Gasteiger partial charge on any atom is 0.140 e. The second kappa shape index (κ2) is 4.73. The molecule has 16 heavy (non-hydrogen) atoms. The molecule has 1 saturated carbocycles. The summed E-state index contributed by atoms with van der Waals surface area (Å²) in [6.45, 7) is 0. The Morgan fingerprint density at radius 1 is 1.19 bits per heavy atom. The van der Waals surface area contributed by atoms with Gasteiger partial charge in [-0.05, 0) is 25.0 Å². The number of benzene rings is 1. The van der Waals surface area contributed by atoms with Crippen LogP contribution in [0.2, 0.25) is 0 Å². The van der Waals surface area contributed by atoms with E-state index >= 15 is 0 Å². The van der Waals surface area contributed by atoms with Gasteiger partial charge in [0.2, 0.25) is 0 Å². The highest BCUT2D eigenvalue weighted by atomic mass is 19.1. The summed E-state index contributed by atoms with van der Waals surface area (Å²) in [4.78, 5) is 11.8. The second-order valence-corrected chi connectivity index (χ2v) is 4.32. The van der Waals surface area contributed by atoms with Crippen LogP contribution in [0.15, 0.2) is 18.2 Å². The van der Waals surface area contributed by atoms with Gasteiger partial charge in [-0.25, -0.2) is 8.78 Å². The van der Waals surface area contributed by atoms with Crippen LogP contribution < -0.4 is 0 Å². The molecule has 0 aliphatic heterocycles. The lowest BCUT2D eigenvalue weighted by molar-refractivity contribution is -0.122. The second-order valence-electron chi connectivity index (χ2n) is 4.32. The minimum Gasteiger partial charge on any atom is -0.299 e. The predicted octanol–water partition coefficient (Wildman–Crippen LogP) is 3.27. The standard InChI is InChI=1S/C13H14F2O/c14-11-6-3-7-12(15)10(11)8-13(16)9-4-1-2-5-9/h3,6-7,9H,1-2,4-5,8H2. The van der Waals surface area contributed by atoms with E-state index in [1.165, 1.54) is 18.2 Å². The quantitative estimate of drug-likeness (QED) is 0.770. The fraction of sp³-hybridized carbons (Fsp3) is 0.462. The molecule has 0 aromatic heterocycles. The first kappa shape index (κ1) is 11.2. The van der Waals surface area contributed by atoms with Crippen LogP contribution in [0.5, 0.6) is 0 Å². The molecule has 0 bridgehead atoms. The molecule has 0 saturated heterocycles. The number of hydrogen-bond acceptors (Lipinski definition) is 1. The summed E-state index contributed by atoms with van der Waals surface area (Å²) >= 11 is 0. The Kier molecular flexibility index (Phi) is 3.32. The summed E-state index contributed by atoms with van der Waals surface area (Å²) in [6, 6.07) is 3.70. The van der Waals surface area contributed by atoms with Crippen molar-refractivity contribution in [3.05, 3.63) is 35.4 Å². The Morgan fingerprint density at radius 2 is 1.75 bits per heavy atom. The van der Waals surface area contributed by atoms with Crippen molar-refractivity contribution in [2.75, 3.05) is 0 Å². The molecule has 1 aliphatic rings. The fourth-order valence-corrected chi connectivity index (χ4v) is 2.27. The highest BCUT2D eigenvalue weighted by molar-refractivity contribution is 5.83. The highest BCUT2D eigenvalue weighted by Gasteiger charge is 2.24. The van der Waals surface area contributed by atoms with Gasteiger partial charge in [-0.2, -0.15) is 0 Å². The lowest BCUT2D eigenvalue weighted by Gasteiger charge is -2.09. The Morgan fingerprint density at radius 3 is 2.31 bits per heavy atom. The molecule has 0 heterocycles. The number of halogens is 2. The summed E-state index contributed by atoms with van der Waals surface area (Å²) in [5.74, 6) is -1.25. The van der Waals surface area contributed by atoms with E-state index in [0.29, 0.717) is 0 Å². The maximum atomic E-state index is 13.3. The van der Waals surface area contributed by atoms with E-state index in [2.05, 4.69) is 0 Å². The van der Waals surface area contributed by atoms with Crippen LogP contribution in [0.4, 0.5) is 8.78 Å². The molecule has 0 atom stereocenters. The normalized spacial score (nSPS) is 16.6. The smallest absolute Gasteiger partial charge is 0.140 e. The van der Waals surface area contributed by atoms with Gasteiger partial charge in [0, 0.05) is 17.9 Å². The summed E-state index contributed by atoms with van der Waals surface area (Å²) in [7, 11) is 0. The van der Waals surface area contributed by atoms with Crippen LogP contribution in [0.1, 0.15) is 31.2 Å². The van der Waals surface area contributed by atoms with Crippen LogP contribution >= 0.6 is 0 Å². The van der Waals surface area contributed by atoms with Gasteiger partial charge in [-0.15, -0.1) is 0 Å². The largest absolute Gasteiger partial charge is 0.299 e. The molecule has 1 aliphatic carbocycles. The van der Waals surface area contributed by atoms with Crippen molar-refractivity contribution < 1.29 is 13.6 Å². The van der Waals surface area contributed by atoms with Gasteiger partial charge < -0.3 is 0 Å². The molecule has 86 valence electrons. The van der Waals surface area contributed by atoms with E-state index in [1.807, 2.05) is 0 Å².